The molecule has 4 heterocycles. The first-order chi connectivity index (χ1) is 38.4. The van der Waals surface area contributed by atoms with Gasteiger partial charge in [0.2, 0.25) is 17.8 Å². The Balaban J connectivity index is 0.732. The summed E-state index contributed by atoms with van der Waals surface area (Å²) in [7, 11) is 3.66. The van der Waals surface area contributed by atoms with Gasteiger partial charge in [-0.05, 0) is 67.8 Å². The van der Waals surface area contributed by atoms with Crippen LogP contribution in [0.4, 0.5) is 34.9 Å². The van der Waals surface area contributed by atoms with E-state index < -0.39 is 29.8 Å². The Kier molecular flexibility index (Phi) is 22.9. The molecule has 0 spiro atoms. The molecule has 0 saturated heterocycles. The predicted molar refractivity (Wildman–Crippen MR) is 293 cm³/mol. The van der Waals surface area contributed by atoms with Crippen molar-refractivity contribution in [2.45, 2.75) is 64.1 Å². The van der Waals surface area contributed by atoms with E-state index in [2.05, 4.69) is 50.5 Å². The molecule has 0 aliphatic carbocycles. The molecule has 0 unspecified atom stereocenters. The average molecular weight is 1110 g/mol. The van der Waals surface area contributed by atoms with Gasteiger partial charge in [-0.2, -0.15) is 19.9 Å². The molecular weight excluding hydrogens is 1040 g/mol. The summed E-state index contributed by atoms with van der Waals surface area (Å²) in [5.74, 6) is -4.69. The molecular formula is C52H66N16O12. The van der Waals surface area contributed by atoms with Crippen LogP contribution in [0.5, 0.6) is 0 Å². The number of fused-ring (bicyclic) bond motifs is 2. The molecule has 0 aliphatic rings. The third-order valence-electron chi connectivity index (χ3n) is 12.2. The number of hydrogen-bond acceptors (Lipinski definition) is 24. The molecule has 80 heavy (non-hydrogen) atoms. The lowest BCUT2D eigenvalue weighted by atomic mass is 9.94. The number of nitrogens with one attached hydrogen (secondary N) is 2. The molecule has 2 atom stereocenters. The fourth-order valence-corrected chi connectivity index (χ4v) is 7.93. The Morgan fingerprint density at radius 3 is 1.56 bits per heavy atom. The summed E-state index contributed by atoms with van der Waals surface area (Å²) in [5, 5.41) is 24.7. The molecule has 0 aliphatic heterocycles. The number of hydrogen-bond donors (Lipinski definition) is 8. The number of carboxylic acids is 2. The molecule has 28 heteroatoms. The van der Waals surface area contributed by atoms with Crippen molar-refractivity contribution in [3.8, 4) is 0 Å². The van der Waals surface area contributed by atoms with Gasteiger partial charge < -0.3 is 72.5 Å². The van der Waals surface area contributed by atoms with Gasteiger partial charge in [0.25, 0.3) is 5.91 Å². The van der Waals surface area contributed by atoms with Crippen molar-refractivity contribution < 1.29 is 57.9 Å². The number of carbonyl (C=O) groups is 6. The largest absolute Gasteiger partial charge is 0.481 e. The molecule has 426 valence electrons. The van der Waals surface area contributed by atoms with E-state index in [1.807, 2.05) is 23.9 Å². The molecule has 28 nitrogen and oxygen atoms in total. The third-order valence-corrected chi connectivity index (χ3v) is 12.2. The van der Waals surface area contributed by atoms with Gasteiger partial charge in [0.15, 0.2) is 39.7 Å². The molecule has 0 saturated carbocycles. The van der Waals surface area contributed by atoms with Crippen LogP contribution in [-0.2, 0) is 51.2 Å². The second-order valence-corrected chi connectivity index (χ2v) is 18.4. The Labute approximate surface area is 459 Å². The number of Topliss-reactive ketones (excluding diaryl/α,β-unsaturated/α-hetero) is 2. The number of amides is 2. The normalized spacial score (nSPS) is 12.0. The number of anilines is 6. The van der Waals surface area contributed by atoms with Gasteiger partial charge >= 0.3 is 11.9 Å². The molecule has 2 aromatic carbocycles. The summed E-state index contributed by atoms with van der Waals surface area (Å²) in [6.07, 6.45) is 3.27. The number of carbonyl (C=O) groups excluding carboxylic acids is 4. The molecule has 4 aromatic heterocycles. The fourth-order valence-electron chi connectivity index (χ4n) is 7.93. The zero-order chi connectivity index (χ0) is 57.6. The highest BCUT2D eigenvalue weighted by Gasteiger charge is 2.24. The number of nitrogens with zero attached hydrogens (tertiary/aromatic N) is 10. The van der Waals surface area contributed by atoms with Crippen LogP contribution in [0.25, 0.3) is 22.3 Å². The van der Waals surface area contributed by atoms with Crippen LogP contribution in [0.3, 0.4) is 0 Å². The first-order valence-corrected chi connectivity index (χ1v) is 25.5. The highest BCUT2D eigenvalue weighted by Crippen LogP contribution is 2.23. The number of benzene rings is 2. The number of aliphatic carboxylic acids is 2. The number of ketones is 2. The van der Waals surface area contributed by atoms with E-state index >= 15 is 0 Å². The Hall–Kier alpha value is -8.86. The van der Waals surface area contributed by atoms with Gasteiger partial charge in [0.05, 0.1) is 89.0 Å². The predicted octanol–water partition coefficient (Wildman–Crippen LogP) is 2.00. The second kappa shape index (κ2) is 30.3. The maximum Gasteiger partial charge on any atom is 0.326 e. The molecule has 6 aromatic rings. The minimum absolute atomic E-state index is 0.000647. The number of carboxylic acid groups (broad SMARTS) is 2. The number of rotatable bonds is 35. The van der Waals surface area contributed by atoms with Crippen molar-refractivity contribution in [3.63, 3.8) is 0 Å². The highest BCUT2D eigenvalue weighted by molar-refractivity contribution is 5.98. The highest BCUT2D eigenvalue weighted by atomic mass is 16.6. The molecule has 2 amide bonds. The van der Waals surface area contributed by atoms with Gasteiger partial charge in [-0.15, -0.1) is 0 Å². The van der Waals surface area contributed by atoms with Crippen molar-refractivity contribution >= 4 is 92.6 Å². The molecule has 0 bridgehead atoms. The third kappa shape index (κ3) is 19.0. The Bertz CT molecular complexity index is 2880. The van der Waals surface area contributed by atoms with E-state index in [9.17, 15) is 39.0 Å². The van der Waals surface area contributed by atoms with Gasteiger partial charge in [0, 0.05) is 75.4 Å². The van der Waals surface area contributed by atoms with Gasteiger partial charge in [-0.3, -0.25) is 24.0 Å². The number of ether oxygens (including phenoxy) is 4. The van der Waals surface area contributed by atoms with E-state index in [0.717, 1.165) is 11.4 Å². The van der Waals surface area contributed by atoms with E-state index in [0.29, 0.717) is 87.1 Å². The number of nitrogen functional groups attached to an aromatic ring is 4. The smallest absolute Gasteiger partial charge is 0.326 e. The van der Waals surface area contributed by atoms with Crippen molar-refractivity contribution in [1.29, 1.82) is 0 Å². The second-order valence-electron chi connectivity index (χ2n) is 18.4. The summed E-state index contributed by atoms with van der Waals surface area (Å²) in [6, 6.07) is 12.0. The van der Waals surface area contributed by atoms with Gasteiger partial charge in [-0.25, -0.2) is 24.7 Å². The fraction of sp³-hybridized carbons (Fsp3) is 0.423. The summed E-state index contributed by atoms with van der Waals surface area (Å²) in [6.45, 7) is 3.23. The minimum atomic E-state index is -1.26. The lowest BCUT2D eigenvalue weighted by molar-refractivity contribution is -0.142. The molecule has 0 fully saturated rings. The van der Waals surface area contributed by atoms with Crippen LogP contribution in [0.1, 0.15) is 77.0 Å². The van der Waals surface area contributed by atoms with Crippen molar-refractivity contribution in [3.05, 3.63) is 83.4 Å². The maximum atomic E-state index is 13.0. The van der Waals surface area contributed by atoms with Gasteiger partial charge in [-0.1, -0.05) is 0 Å². The van der Waals surface area contributed by atoms with Crippen LogP contribution >= 0.6 is 0 Å². The lowest BCUT2D eigenvalue weighted by Gasteiger charge is -2.19. The van der Waals surface area contributed by atoms with Crippen molar-refractivity contribution in [1.82, 2.24) is 50.5 Å². The summed E-state index contributed by atoms with van der Waals surface area (Å²) in [5.41, 5.74) is 27.7. The van der Waals surface area contributed by atoms with E-state index in [1.54, 1.807) is 60.9 Å². The summed E-state index contributed by atoms with van der Waals surface area (Å²) >= 11 is 0. The Morgan fingerprint density at radius 1 is 0.575 bits per heavy atom. The average Bonchev–Trinajstić information content (AvgIpc) is 3.44. The quantitative estimate of drug-likeness (QED) is 0.0208. The zero-order valence-corrected chi connectivity index (χ0v) is 44.4. The van der Waals surface area contributed by atoms with Crippen LogP contribution in [0, 0.1) is 5.92 Å². The lowest BCUT2D eigenvalue weighted by Crippen LogP contribution is -2.41. The first-order valence-electron chi connectivity index (χ1n) is 25.5. The van der Waals surface area contributed by atoms with E-state index in [1.165, 1.54) is 0 Å². The van der Waals surface area contributed by atoms with Crippen LogP contribution in [0.2, 0.25) is 0 Å². The SMILES string of the molecule is CN(Cc1cnc2nc(N)nc(N)c2n1)c1ccc(C(=O)C[C@@H](CCC(=O)NCCOCCOCCOCCOCCCC(=O)CC[C@H](NC(=O)c2ccc(N(C)Cc3cnc4nc(N)nc(N)c4n3)cc2)C(=O)O)C(=O)O)cc1. The maximum absolute atomic E-state index is 13.0. The zero-order valence-electron chi connectivity index (χ0n) is 44.4. The summed E-state index contributed by atoms with van der Waals surface area (Å²) in [4.78, 5) is 112. The van der Waals surface area contributed by atoms with Crippen LogP contribution in [0.15, 0.2) is 60.9 Å². The summed E-state index contributed by atoms with van der Waals surface area (Å²) < 4.78 is 22.0. The van der Waals surface area contributed by atoms with Crippen molar-refractivity contribution in [2.75, 3.05) is 106 Å². The monoisotopic (exact) mass is 1110 g/mol. The van der Waals surface area contributed by atoms with Crippen LogP contribution < -0.4 is 43.4 Å². The minimum Gasteiger partial charge on any atom is -0.481 e. The topological polar surface area (TPSA) is 418 Å². The Morgan fingerprint density at radius 2 is 1.06 bits per heavy atom. The molecule has 12 N–H and O–H groups in total. The first kappa shape index (κ1) is 60.4. The molecule has 0 radical (unpaired) electrons. The number of nitrogens with two attached hydrogens (primary N) is 4. The van der Waals surface area contributed by atoms with E-state index in [-0.39, 0.29) is 116 Å². The standard InChI is InChI=1S/C52H66N16O12/c1-67(29-34-27-58-46-42(60-34)44(53)63-51(55)65-46)36-10-5-31(6-11-36)40(70)26-33(49(73)74)9-16-41(71)57-17-19-78-21-23-80-25-24-79-22-20-77-18-3-4-38(69)14-15-39(50(75)76)62-48(72)32-7-12-37(13-8-32)68(2)30-35-28-59-47-43(61-35)45(54)64-52(56)66-47/h5-8,10-13,27-28,33,39H,3-4,9,14-26,29-30H2,1-2H3,(H,57,71)(H,62,72)(H,73,74)(H,75,76)(H4,53,55,58,63,65)(H4,54,56,59,64,66)/t33-,39+/m1/s1. The van der Waals surface area contributed by atoms with Gasteiger partial charge in [0.1, 0.15) is 11.8 Å². The van der Waals surface area contributed by atoms with E-state index in [4.69, 9.17) is 41.9 Å². The van der Waals surface area contributed by atoms with Crippen molar-refractivity contribution in [2.24, 2.45) is 5.92 Å². The number of aromatic nitrogens is 8. The molecule has 6 rings (SSSR count). The van der Waals surface area contributed by atoms with Crippen LogP contribution in [-0.4, -0.2) is 165 Å².